The Bertz CT molecular complexity index is 961. The SMILES string of the molecule is Cc1ccc2c(c1)c(CNC(=O)[C@H]1CCOc3ccccc3C1)nn2C. The van der Waals surface area contributed by atoms with Crippen molar-refractivity contribution in [2.45, 2.75) is 26.3 Å². The Hall–Kier alpha value is -2.82. The monoisotopic (exact) mass is 349 g/mol. The number of nitrogens with one attached hydrogen (secondary N) is 1. The molecular weight excluding hydrogens is 326 g/mol. The lowest BCUT2D eigenvalue weighted by Gasteiger charge is -2.13. The third-order valence-corrected chi connectivity index (χ3v) is 5.05. The van der Waals surface area contributed by atoms with Gasteiger partial charge in [-0.15, -0.1) is 0 Å². The van der Waals surface area contributed by atoms with Crippen LogP contribution in [0.5, 0.6) is 5.75 Å². The van der Waals surface area contributed by atoms with Crippen molar-refractivity contribution >= 4 is 16.8 Å². The summed E-state index contributed by atoms with van der Waals surface area (Å²) in [6, 6.07) is 14.2. The maximum Gasteiger partial charge on any atom is 0.223 e. The van der Waals surface area contributed by atoms with E-state index in [0.29, 0.717) is 19.6 Å². The van der Waals surface area contributed by atoms with Gasteiger partial charge in [0.15, 0.2) is 0 Å². The molecule has 1 aliphatic rings. The highest BCUT2D eigenvalue weighted by Crippen LogP contribution is 2.27. The number of ether oxygens (including phenoxy) is 1. The Kier molecular flexibility index (Phi) is 4.37. The number of hydrogen-bond acceptors (Lipinski definition) is 3. The van der Waals surface area contributed by atoms with Gasteiger partial charge in [0.2, 0.25) is 5.91 Å². The Labute approximate surface area is 153 Å². The van der Waals surface area contributed by atoms with Crippen LogP contribution in [0.4, 0.5) is 0 Å². The first-order chi connectivity index (χ1) is 12.6. The van der Waals surface area contributed by atoms with E-state index in [1.807, 2.05) is 36.0 Å². The summed E-state index contributed by atoms with van der Waals surface area (Å²) in [5, 5.41) is 8.76. The van der Waals surface area contributed by atoms with Gasteiger partial charge in [0.1, 0.15) is 5.75 Å². The molecule has 1 aliphatic heterocycles. The van der Waals surface area contributed by atoms with E-state index >= 15 is 0 Å². The van der Waals surface area contributed by atoms with Gasteiger partial charge in [-0.1, -0.05) is 29.8 Å². The topological polar surface area (TPSA) is 56.1 Å². The Morgan fingerprint density at radius 1 is 1.31 bits per heavy atom. The van der Waals surface area contributed by atoms with E-state index in [1.165, 1.54) is 5.56 Å². The second kappa shape index (κ2) is 6.83. The number of aryl methyl sites for hydroxylation is 2. The molecule has 134 valence electrons. The number of benzene rings is 2. The summed E-state index contributed by atoms with van der Waals surface area (Å²) in [6.45, 7) is 3.08. The van der Waals surface area contributed by atoms with Crippen molar-refractivity contribution in [3.8, 4) is 5.75 Å². The molecule has 0 fully saturated rings. The van der Waals surface area contributed by atoms with Crippen LogP contribution in [0, 0.1) is 12.8 Å². The molecular formula is C21H23N3O2. The van der Waals surface area contributed by atoms with Gasteiger partial charge in [0.25, 0.3) is 0 Å². The molecule has 0 radical (unpaired) electrons. The van der Waals surface area contributed by atoms with Crippen molar-refractivity contribution in [2.75, 3.05) is 6.61 Å². The summed E-state index contributed by atoms with van der Waals surface area (Å²) in [5.74, 6) is 0.890. The minimum absolute atomic E-state index is 0.0664. The van der Waals surface area contributed by atoms with Gasteiger partial charge < -0.3 is 10.1 Å². The van der Waals surface area contributed by atoms with Crippen molar-refractivity contribution in [3.05, 3.63) is 59.3 Å². The molecule has 1 atom stereocenters. The van der Waals surface area contributed by atoms with Crippen LogP contribution in [0.15, 0.2) is 42.5 Å². The van der Waals surface area contributed by atoms with E-state index in [2.05, 4.69) is 35.5 Å². The van der Waals surface area contributed by atoms with Crippen molar-refractivity contribution in [1.82, 2.24) is 15.1 Å². The molecule has 2 heterocycles. The van der Waals surface area contributed by atoms with Crippen LogP contribution in [-0.2, 0) is 24.8 Å². The molecule has 1 amide bonds. The molecule has 0 unspecified atom stereocenters. The average Bonchev–Trinajstić information content (AvgIpc) is 2.82. The van der Waals surface area contributed by atoms with Gasteiger partial charge in [-0.05, 0) is 43.5 Å². The molecule has 0 aliphatic carbocycles. The van der Waals surface area contributed by atoms with Crippen molar-refractivity contribution < 1.29 is 9.53 Å². The zero-order valence-corrected chi connectivity index (χ0v) is 15.2. The molecule has 1 N–H and O–H groups in total. The molecule has 1 aromatic heterocycles. The lowest BCUT2D eigenvalue weighted by atomic mass is 9.96. The van der Waals surface area contributed by atoms with E-state index in [-0.39, 0.29) is 11.8 Å². The number of carbonyl (C=O) groups is 1. The quantitative estimate of drug-likeness (QED) is 0.790. The normalized spacial score (nSPS) is 16.6. The molecule has 0 saturated heterocycles. The Balaban J connectivity index is 1.48. The molecule has 5 heteroatoms. The smallest absolute Gasteiger partial charge is 0.223 e. The highest BCUT2D eigenvalue weighted by Gasteiger charge is 2.24. The van der Waals surface area contributed by atoms with E-state index in [9.17, 15) is 4.79 Å². The Morgan fingerprint density at radius 3 is 3.04 bits per heavy atom. The van der Waals surface area contributed by atoms with Crippen LogP contribution in [0.2, 0.25) is 0 Å². The van der Waals surface area contributed by atoms with Crippen LogP contribution in [0.3, 0.4) is 0 Å². The summed E-state index contributed by atoms with van der Waals surface area (Å²) in [5.41, 5.74) is 4.28. The first-order valence-electron chi connectivity index (χ1n) is 9.02. The van der Waals surface area contributed by atoms with Crippen LogP contribution < -0.4 is 10.1 Å². The van der Waals surface area contributed by atoms with Gasteiger partial charge in [-0.2, -0.15) is 5.10 Å². The average molecular weight is 349 g/mol. The third kappa shape index (κ3) is 3.17. The molecule has 3 aromatic rings. The predicted molar refractivity (Wildman–Crippen MR) is 101 cm³/mol. The fraction of sp³-hybridized carbons (Fsp3) is 0.333. The van der Waals surface area contributed by atoms with Crippen LogP contribution in [0.1, 0.15) is 23.2 Å². The summed E-state index contributed by atoms with van der Waals surface area (Å²) in [7, 11) is 1.93. The van der Waals surface area contributed by atoms with Crippen molar-refractivity contribution in [2.24, 2.45) is 13.0 Å². The molecule has 0 bridgehead atoms. The highest BCUT2D eigenvalue weighted by molar-refractivity contribution is 5.84. The summed E-state index contributed by atoms with van der Waals surface area (Å²) in [4.78, 5) is 12.7. The van der Waals surface area contributed by atoms with Crippen LogP contribution >= 0.6 is 0 Å². The van der Waals surface area contributed by atoms with Crippen molar-refractivity contribution in [3.63, 3.8) is 0 Å². The number of para-hydroxylation sites is 1. The van der Waals surface area contributed by atoms with Crippen LogP contribution in [-0.4, -0.2) is 22.3 Å². The first kappa shape index (κ1) is 16.6. The summed E-state index contributed by atoms with van der Waals surface area (Å²) >= 11 is 0. The van der Waals surface area contributed by atoms with Gasteiger partial charge in [-0.25, -0.2) is 0 Å². The van der Waals surface area contributed by atoms with E-state index < -0.39 is 0 Å². The highest BCUT2D eigenvalue weighted by atomic mass is 16.5. The van der Waals surface area contributed by atoms with Gasteiger partial charge in [-0.3, -0.25) is 9.48 Å². The second-order valence-corrected chi connectivity index (χ2v) is 6.95. The minimum atomic E-state index is -0.0737. The van der Waals surface area contributed by atoms with E-state index in [0.717, 1.165) is 34.3 Å². The lowest BCUT2D eigenvalue weighted by Crippen LogP contribution is -2.32. The maximum absolute atomic E-state index is 12.7. The zero-order chi connectivity index (χ0) is 18.1. The predicted octanol–water partition coefficient (Wildman–Crippen LogP) is 3.14. The number of amides is 1. The largest absolute Gasteiger partial charge is 0.493 e. The fourth-order valence-corrected chi connectivity index (χ4v) is 3.61. The molecule has 2 aromatic carbocycles. The number of nitrogens with zero attached hydrogens (tertiary/aromatic N) is 2. The maximum atomic E-state index is 12.7. The lowest BCUT2D eigenvalue weighted by molar-refractivity contribution is -0.125. The standard InChI is InChI=1S/C21H23N3O2/c1-14-7-8-19-17(11-14)18(23-24(19)2)13-22-21(25)16-9-10-26-20-6-4-3-5-15(20)12-16/h3-8,11,16H,9-10,12-13H2,1-2H3,(H,22,25)/t16-/m0/s1. The van der Waals surface area contributed by atoms with E-state index in [4.69, 9.17) is 4.74 Å². The van der Waals surface area contributed by atoms with Crippen molar-refractivity contribution in [1.29, 1.82) is 0 Å². The zero-order valence-electron chi connectivity index (χ0n) is 15.2. The number of hydrogen-bond donors (Lipinski definition) is 1. The number of aromatic nitrogens is 2. The van der Waals surface area contributed by atoms with Gasteiger partial charge in [0, 0.05) is 18.4 Å². The second-order valence-electron chi connectivity index (χ2n) is 6.95. The molecule has 4 rings (SSSR count). The number of fused-ring (bicyclic) bond motifs is 2. The summed E-state index contributed by atoms with van der Waals surface area (Å²) in [6.07, 6.45) is 1.44. The molecule has 26 heavy (non-hydrogen) atoms. The minimum Gasteiger partial charge on any atom is -0.493 e. The van der Waals surface area contributed by atoms with Gasteiger partial charge in [0.05, 0.1) is 24.4 Å². The van der Waals surface area contributed by atoms with Gasteiger partial charge >= 0.3 is 0 Å². The van der Waals surface area contributed by atoms with E-state index in [1.54, 1.807) is 0 Å². The molecule has 0 spiro atoms. The third-order valence-electron chi connectivity index (χ3n) is 5.05. The first-order valence-corrected chi connectivity index (χ1v) is 9.02. The number of carbonyl (C=O) groups excluding carboxylic acids is 1. The van der Waals surface area contributed by atoms with Crippen LogP contribution in [0.25, 0.3) is 10.9 Å². The fourth-order valence-electron chi connectivity index (χ4n) is 3.61. The summed E-state index contributed by atoms with van der Waals surface area (Å²) < 4.78 is 7.64. The Morgan fingerprint density at radius 2 is 2.15 bits per heavy atom. The molecule has 5 nitrogen and oxygen atoms in total. The number of rotatable bonds is 3. The molecule has 0 saturated carbocycles.